The Morgan fingerprint density at radius 2 is 2.12 bits per heavy atom. The van der Waals surface area contributed by atoms with E-state index in [1.165, 1.54) is 30.3 Å². The second-order valence-electron chi connectivity index (χ2n) is 5.06. The number of anilines is 3. The molecule has 3 rings (SSSR count). The predicted molar refractivity (Wildman–Crippen MR) is 93.0 cm³/mol. The lowest BCUT2D eigenvalue weighted by Gasteiger charge is -2.04. The van der Waals surface area contributed by atoms with Gasteiger partial charge >= 0.3 is 0 Å². The van der Waals surface area contributed by atoms with E-state index in [9.17, 15) is 14.9 Å². The van der Waals surface area contributed by atoms with E-state index in [1.54, 1.807) is 0 Å². The number of hydrogen-bond acceptors (Lipinski definition) is 7. The SMILES string of the molecule is N#Cc1cc2c(N)c(C(=O)Nc3cccc([N+](=O)[O-])c3)sc2[nH+]c1N. The van der Waals surface area contributed by atoms with E-state index in [0.29, 0.717) is 10.2 Å². The van der Waals surface area contributed by atoms with E-state index >= 15 is 0 Å². The third-order valence-corrected chi connectivity index (χ3v) is 4.59. The van der Waals surface area contributed by atoms with Crippen molar-refractivity contribution >= 4 is 50.3 Å². The molecule has 0 aliphatic carbocycles. The fourth-order valence-electron chi connectivity index (χ4n) is 2.25. The first-order valence-corrected chi connectivity index (χ1v) is 7.72. The van der Waals surface area contributed by atoms with Crippen LogP contribution in [-0.2, 0) is 0 Å². The smallest absolute Gasteiger partial charge is 0.289 e. The van der Waals surface area contributed by atoms with E-state index < -0.39 is 10.8 Å². The second kappa shape index (κ2) is 6.06. The maximum Gasteiger partial charge on any atom is 0.289 e. The largest absolute Gasteiger partial charge is 0.397 e. The molecule has 124 valence electrons. The summed E-state index contributed by atoms with van der Waals surface area (Å²) in [6.07, 6.45) is 0. The lowest BCUT2D eigenvalue weighted by atomic mass is 10.2. The van der Waals surface area contributed by atoms with Crippen molar-refractivity contribution < 1.29 is 14.7 Å². The van der Waals surface area contributed by atoms with Gasteiger partial charge in [0.05, 0.1) is 16.0 Å². The van der Waals surface area contributed by atoms with Gasteiger partial charge in [-0.15, -0.1) is 0 Å². The van der Waals surface area contributed by atoms with Gasteiger partial charge in [-0.3, -0.25) is 20.6 Å². The van der Waals surface area contributed by atoms with Crippen molar-refractivity contribution in [3.63, 3.8) is 0 Å². The monoisotopic (exact) mass is 355 g/mol. The van der Waals surface area contributed by atoms with Gasteiger partial charge in [0.25, 0.3) is 17.4 Å². The minimum atomic E-state index is -0.551. The topological polar surface area (TPSA) is 162 Å². The van der Waals surface area contributed by atoms with Crippen molar-refractivity contribution in [3.8, 4) is 6.07 Å². The van der Waals surface area contributed by atoms with Gasteiger partial charge in [-0.2, -0.15) is 5.26 Å². The first kappa shape index (κ1) is 16.2. The van der Waals surface area contributed by atoms with Gasteiger partial charge in [0, 0.05) is 17.8 Å². The summed E-state index contributed by atoms with van der Waals surface area (Å²) < 4.78 is 0. The van der Waals surface area contributed by atoms with E-state index in [2.05, 4.69) is 10.3 Å². The highest BCUT2D eigenvalue weighted by Gasteiger charge is 2.21. The quantitative estimate of drug-likeness (QED) is 0.480. The molecule has 0 unspecified atom stereocenters. The number of carbonyl (C=O) groups is 1. The van der Waals surface area contributed by atoms with Gasteiger partial charge in [0.2, 0.25) is 0 Å². The highest BCUT2D eigenvalue weighted by atomic mass is 32.1. The summed E-state index contributed by atoms with van der Waals surface area (Å²) in [5.41, 5.74) is 12.3. The number of nitrogens with zero attached hydrogens (tertiary/aromatic N) is 2. The van der Waals surface area contributed by atoms with Crippen molar-refractivity contribution in [2.75, 3.05) is 16.8 Å². The molecule has 1 aromatic carbocycles. The molecule has 0 saturated heterocycles. The number of aromatic nitrogens is 1. The minimum absolute atomic E-state index is 0.137. The maximum atomic E-state index is 12.5. The highest BCUT2D eigenvalue weighted by molar-refractivity contribution is 7.20. The van der Waals surface area contributed by atoms with Crippen molar-refractivity contribution in [2.24, 2.45) is 0 Å². The van der Waals surface area contributed by atoms with Gasteiger partial charge in [0.1, 0.15) is 16.5 Å². The zero-order valence-electron chi connectivity index (χ0n) is 12.6. The van der Waals surface area contributed by atoms with Gasteiger partial charge < -0.3 is 11.1 Å². The number of nitro groups is 1. The Balaban J connectivity index is 1.98. The summed E-state index contributed by atoms with van der Waals surface area (Å²) in [5.74, 6) is -0.327. The van der Waals surface area contributed by atoms with Crippen molar-refractivity contribution in [3.05, 3.63) is 50.9 Å². The van der Waals surface area contributed by atoms with Crippen LogP contribution in [0.2, 0.25) is 0 Å². The van der Waals surface area contributed by atoms with E-state index in [4.69, 9.17) is 16.7 Å². The number of nitrogens with two attached hydrogens (primary N) is 2. The molecule has 0 aliphatic rings. The molecule has 0 saturated carbocycles. The molecule has 9 nitrogen and oxygen atoms in total. The molecule has 3 aromatic rings. The Kier molecular flexibility index (Phi) is 3.92. The molecule has 6 N–H and O–H groups in total. The Labute approximate surface area is 144 Å². The fourth-order valence-corrected chi connectivity index (χ4v) is 3.26. The number of H-pyrrole nitrogens is 1. The summed E-state index contributed by atoms with van der Waals surface area (Å²) in [6, 6.07) is 9.02. The number of hydrogen-bond donors (Lipinski definition) is 3. The van der Waals surface area contributed by atoms with Crippen LogP contribution in [0.25, 0.3) is 10.2 Å². The average Bonchev–Trinajstić information content (AvgIpc) is 2.90. The van der Waals surface area contributed by atoms with Crippen molar-refractivity contribution in [1.82, 2.24) is 0 Å². The van der Waals surface area contributed by atoms with Gasteiger partial charge in [-0.1, -0.05) is 17.4 Å². The van der Waals surface area contributed by atoms with E-state index in [0.717, 1.165) is 11.3 Å². The van der Waals surface area contributed by atoms with Crippen LogP contribution in [0.1, 0.15) is 15.2 Å². The summed E-state index contributed by atoms with van der Waals surface area (Å²) in [4.78, 5) is 26.3. The zero-order chi connectivity index (χ0) is 18.1. The van der Waals surface area contributed by atoms with E-state index in [1.807, 2.05) is 6.07 Å². The first-order chi connectivity index (χ1) is 11.9. The molecule has 2 heterocycles. The van der Waals surface area contributed by atoms with E-state index in [-0.39, 0.29) is 33.3 Å². The molecule has 2 aromatic heterocycles. The molecule has 1 amide bonds. The third kappa shape index (κ3) is 2.91. The number of non-ortho nitro benzene ring substituents is 1. The molecule has 0 aliphatic heterocycles. The second-order valence-corrected chi connectivity index (χ2v) is 6.08. The Bertz CT molecular complexity index is 1070. The number of amides is 1. The summed E-state index contributed by atoms with van der Waals surface area (Å²) in [7, 11) is 0. The Morgan fingerprint density at radius 3 is 2.80 bits per heavy atom. The first-order valence-electron chi connectivity index (χ1n) is 6.90. The lowest BCUT2D eigenvalue weighted by molar-refractivity contribution is -0.384. The molecular formula is C15H11N6O3S+. The normalized spacial score (nSPS) is 10.4. The fraction of sp³-hybridized carbons (Fsp3) is 0. The number of carbonyl (C=O) groups excluding carboxylic acids is 1. The Morgan fingerprint density at radius 1 is 1.36 bits per heavy atom. The molecule has 0 atom stereocenters. The van der Waals surface area contributed by atoms with Crippen LogP contribution in [0.15, 0.2) is 30.3 Å². The maximum absolute atomic E-state index is 12.5. The number of aromatic amines is 1. The molecule has 0 bridgehead atoms. The van der Waals surface area contributed by atoms with Crippen molar-refractivity contribution in [2.45, 2.75) is 0 Å². The van der Waals surface area contributed by atoms with Gasteiger partial charge in [0.15, 0.2) is 4.83 Å². The number of nitro benzene ring substituents is 1. The molecule has 0 radical (unpaired) electrons. The number of fused-ring (bicyclic) bond motifs is 1. The van der Waals surface area contributed by atoms with Crippen LogP contribution in [0, 0.1) is 21.4 Å². The van der Waals surface area contributed by atoms with Gasteiger partial charge in [-0.05, 0) is 12.1 Å². The summed E-state index contributed by atoms with van der Waals surface area (Å²) >= 11 is 1.08. The van der Waals surface area contributed by atoms with Crippen LogP contribution >= 0.6 is 11.3 Å². The molecule has 10 heteroatoms. The van der Waals surface area contributed by atoms with Crippen LogP contribution in [0.5, 0.6) is 0 Å². The zero-order valence-corrected chi connectivity index (χ0v) is 13.4. The van der Waals surface area contributed by atoms with Crippen LogP contribution < -0.4 is 21.8 Å². The van der Waals surface area contributed by atoms with Crippen LogP contribution in [0.4, 0.5) is 22.9 Å². The van der Waals surface area contributed by atoms with Gasteiger partial charge in [-0.25, -0.2) is 4.98 Å². The van der Waals surface area contributed by atoms with Crippen LogP contribution in [-0.4, -0.2) is 10.8 Å². The Hall–Kier alpha value is -3.71. The highest BCUT2D eigenvalue weighted by Crippen LogP contribution is 2.33. The predicted octanol–water partition coefficient (Wildman–Crippen LogP) is 1.91. The molecular weight excluding hydrogens is 344 g/mol. The third-order valence-electron chi connectivity index (χ3n) is 3.45. The number of nitrogens with one attached hydrogen (secondary N) is 2. The van der Waals surface area contributed by atoms with Crippen molar-refractivity contribution in [1.29, 1.82) is 5.26 Å². The average molecular weight is 355 g/mol. The standard InChI is InChI=1S/C15H10N6O3S/c16-6-7-4-10-11(17)12(25-15(10)20-13(7)18)14(22)19-8-2-1-3-9(5-8)21(23)24/h1-5H,17H2,(H2,18,20)(H,19,22)/p+1. The molecule has 0 spiro atoms. The number of benzene rings is 1. The number of nitrogen functional groups attached to an aromatic ring is 2. The summed E-state index contributed by atoms with van der Waals surface area (Å²) in [6.45, 7) is 0. The number of pyridine rings is 1. The number of thiophene rings is 1. The number of nitriles is 1. The number of rotatable bonds is 3. The molecule has 0 fully saturated rings. The minimum Gasteiger partial charge on any atom is -0.397 e. The molecule has 25 heavy (non-hydrogen) atoms. The lowest BCUT2D eigenvalue weighted by Crippen LogP contribution is -2.12. The summed E-state index contributed by atoms with van der Waals surface area (Å²) in [5, 5.41) is 22.9. The van der Waals surface area contributed by atoms with Crippen LogP contribution in [0.3, 0.4) is 0 Å².